The fourth-order valence-corrected chi connectivity index (χ4v) is 2.16. The van der Waals surface area contributed by atoms with Gasteiger partial charge in [-0.2, -0.15) is 12.6 Å². The summed E-state index contributed by atoms with van der Waals surface area (Å²) >= 11 is 4.23. The molecular weight excluding hydrogens is 270 g/mol. The minimum absolute atomic E-state index is 0.0186. The van der Waals surface area contributed by atoms with E-state index in [1.54, 1.807) is 23.9 Å². The highest BCUT2D eigenvalue weighted by Gasteiger charge is 2.36. The third-order valence-electron chi connectivity index (χ3n) is 3.07. The summed E-state index contributed by atoms with van der Waals surface area (Å²) in [4.78, 5) is 3.87. The van der Waals surface area contributed by atoms with Gasteiger partial charge < -0.3 is 9.67 Å². The van der Waals surface area contributed by atoms with Gasteiger partial charge in [-0.05, 0) is 6.07 Å². The normalized spacial score (nSPS) is 16.1. The molecule has 0 spiro atoms. The van der Waals surface area contributed by atoms with Crippen molar-refractivity contribution in [3.8, 4) is 0 Å². The van der Waals surface area contributed by atoms with Gasteiger partial charge in [0.2, 0.25) is 0 Å². The highest BCUT2D eigenvalue weighted by molar-refractivity contribution is 7.81. The van der Waals surface area contributed by atoms with Crippen LogP contribution in [-0.2, 0) is 12.1 Å². The van der Waals surface area contributed by atoms with E-state index in [0.717, 1.165) is 12.1 Å². The van der Waals surface area contributed by atoms with Crippen molar-refractivity contribution in [2.24, 2.45) is 0 Å². The third-order valence-corrected chi connectivity index (χ3v) is 3.50. The fourth-order valence-electron chi connectivity index (χ4n) is 1.94. The van der Waals surface area contributed by atoms with Gasteiger partial charge in [-0.1, -0.05) is 13.0 Å². The standard InChI is InChI=1S/C13H14F2N2OS/c1-9(19)13(18,7-17-5-4-16-8-17)11-3-2-10(14)6-12(11)15/h2-6,8-9,18-19H,7H2,1H3/t9-,13-/m1/s1. The van der Waals surface area contributed by atoms with Gasteiger partial charge in [0.25, 0.3) is 0 Å². The zero-order chi connectivity index (χ0) is 14.0. The second-order valence-electron chi connectivity index (χ2n) is 4.46. The maximum atomic E-state index is 13.9. The average Bonchev–Trinajstić information content (AvgIpc) is 2.81. The number of halogens is 2. The second-order valence-corrected chi connectivity index (χ2v) is 5.23. The Morgan fingerprint density at radius 2 is 2.21 bits per heavy atom. The Morgan fingerprint density at radius 1 is 1.47 bits per heavy atom. The highest BCUT2D eigenvalue weighted by atomic mass is 32.1. The van der Waals surface area contributed by atoms with E-state index >= 15 is 0 Å². The van der Waals surface area contributed by atoms with E-state index in [-0.39, 0.29) is 12.1 Å². The Bertz CT molecular complexity index is 560. The molecule has 0 fully saturated rings. The van der Waals surface area contributed by atoms with E-state index in [0.29, 0.717) is 0 Å². The Kier molecular flexibility index (Phi) is 3.91. The van der Waals surface area contributed by atoms with Crippen molar-refractivity contribution in [2.75, 3.05) is 0 Å². The zero-order valence-electron chi connectivity index (χ0n) is 10.3. The minimum Gasteiger partial charge on any atom is -0.382 e. The number of rotatable bonds is 4. The van der Waals surface area contributed by atoms with Gasteiger partial charge in [-0.25, -0.2) is 13.8 Å². The van der Waals surface area contributed by atoms with E-state index in [4.69, 9.17) is 0 Å². The van der Waals surface area contributed by atoms with E-state index in [2.05, 4.69) is 17.6 Å². The second kappa shape index (κ2) is 5.30. The monoisotopic (exact) mass is 284 g/mol. The van der Waals surface area contributed by atoms with Crippen LogP contribution in [0.25, 0.3) is 0 Å². The van der Waals surface area contributed by atoms with Crippen molar-refractivity contribution < 1.29 is 13.9 Å². The van der Waals surface area contributed by atoms with Crippen LogP contribution in [0.3, 0.4) is 0 Å². The van der Waals surface area contributed by atoms with Gasteiger partial charge in [-0.3, -0.25) is 0 Å². The van der Waals surface area contributed by atoms with Crippen LogP contribution in [0.4, 0.5) is 8.78 Å². The molecule has 2 atom stereocenters. The smallest absolute Gasteiger partial charge is 0.132 e. The van der Waals surface area contributed by atoms with Gasteiger partial charge in [0.15, 0.2) is 0 Å². The van der Waals surface area contributed by atoms with Crippen LogP contribution < -0.4 is 0 Å². The molecule has 0 aliphatic carbocycles. The maximum absolute atomic E-state index is 13.9. The molecule has 2 rings (SSSR count). The van der Waals surface area contributed by atoms with Crippen molar-refractivity contribution in [1.82, 2.24) is 9.55 Å². The number of hydrogen-bond donors (Lipinski definition) is 2. The fraction of sp³-hybridized carbons (Fsp3) is 0.308. The first-order chi connectivity index (χ1) is 8.93. The summed E-state index contributed by atoms with van der Waals surface area (Å²) in [5.74, 6) is -1.47. The Balaban J connectivity index is 2.43. The molecule has 0 aliphatic rings. The van der Waals surface area contributed by atoms with Crippen molar-refractivity contribution in [2.45, 2.75) is 24.3 Å². The van der Waals surface area contributed by atoms with Crippen molar-refractivity contribution >= 4 is 12.6 Å². The molecule has 2 aromatic rings. The molecule has 0 amide bonds. The van der Waals surface area contributed by atoms with Crippen LogP contribution in [0.15, 0.2) is 36.9 Å². The van der Waals surface area contributed by atoms with Gasteiger partial charge in [0, 0.05) is 29.3 Å². The van der Waals surface area contributed by atoms with E-state index in [1.807, 2.05) is 0 Å². The van der Waals surface area contributed by atoms with Crippen LogP contribution in [-0.4, -0.2) is 19.9 Å². The topological polar surface area (TPSA) is 38.0 Å². The van der Waals surface area contributed by atoms with E-state index < -0.39 is 22.5 Å². The quantitative estimate of drug-likeness (QED) is 0.846. The molecule has 0 bridgehead atoms. The first-order valence-corrected chi connectivity index (χ1v) is 6.27. The lowest BCUT2D eigenvalue weighted by Gasteiger charge is -2.32. The molecule has 1 aromatic carbocycles. The number of hydrogen-bond acceptors (Lipinski definition) is 3. The third kappa shape index (κ3) is 2.79. The molecule has 1 N–H and O–H groups in total. The lowest BCUT2D eigenvalue weighted by molar-refractivity contribution is 0.0172. The molecule has 1 heterocycles. The van der Waals surface area contributed by atoms with Crippen LogP contribution in [0.2, 0.25) is 0 Å². The van der Waals surface area contributed by atoms with Crippen molar-refractivity contribution in [3.05, 3.63) is 54.1 Å². The number of imidazole rings is 1. The molecule has 6 heteroatoms. The van der Waals surface area contributed by atoms with E-state index in [1.165, 1.54) is 12.4 Å². The predicted molar refractivity (Wildman–Crippen MR) is 70.9 cm³/mol. The number of benzene rings is 1. The molecular formula is C13H14F2N2OS. The molecule has 3 nitrogen and oxygen atoms in total. The SMILES string of the molecule is C[C@@H](S)[C@](O)(Cn1ccnc1)c1ccc(F)cc1F. The molecule has 0 radical (unpaired) electrons. The summed E-state index contributed by atoms with van der Waals surface area (Å²) in [7, 11) is 0. The summed E-state index contributed by atoms with van der Waals surface area (Å²) in [6.45, 7) is 1.74. The summed E-state index contributed by atoms with van der Waals surface area (Å²) in [6.07, 6.45) is 4.73. The van der Waals surface area contributed by atoms with Crippen LogP contribution in [0.5, 0.6) is 0 Å². The molecule has 0 unspecified atom stereocenters. The molecule has 0 saturated heterocycles. The van der Waals surface area contributed by atoms with Crippen molar-refractivity contribution in [1.29, 1.82) is 0 Å². The number of aromatic nitrogens is 2. The summed E-state index contributed by atoms with van der Waals surface area (Å²) in [5.41, 5.74) is -1.54. The van der Waals surface area contributed by atoms with Gasteiger partial charge in [0.1, 0.15) is 17.2 Å². The Hall–Kier alpha value is -1.40. The molecule has 19 heavy (non-hydrogen) atoms. The summed E-state index contributed by atoms with van der Waals surface area (Å²) < 4.78 is 28.5. The minimum atomic E-state index is -1.55. The first-order valence-electron chi connectivity index (χ1n) is 5.75. The van der Waals surface area contributed by atoms with Crippen LogP contribution in [0.1, 0.15) is 12.5 Å². The van der Waals surface area contributed by atoms with Crippen LogP contribution in [0, 0.1) is 11.6 Å². The van der Waals surface area contributed by atoms with Gasteiger partial charge in [-0.15, -0.1) is 0 Å². The van der Waals surface area contributed by atoms with Gasteiger partial charge in [0.05, 0.1) is 12.9 Å². The molecule has 1 aromatic heterocycles. The number of nitrogens with zero attached hydrogens (tertiary/aromatic N) is 2. The lowest BCUT2D eigenvalue weighted by Crippen LogP contribution is -2.39. The largest absolute Gasteiger partial charge is 0.382 e. The van der Waals surface area contributed by atoms with E-state index in [9.17, 15) is 13.9 Å². The Labute approximate surface area is 115 Å². The zero-order valence-corrected chi connectivity index (χ0v) is 11.2. The summed E-state index contributed by atoms with van der Waals surface area (Å²) in [6, 6.07) is 3.12. The number of aliphatic hydroxyl groups is 1. The maximum Gasteiger partial charge on any atom is 0.132 e. The number of thiol groups is 1. The predicted octanol–water partition coefficient (Wildman–Crippen LogP) is 2.37. The average molecular weight is 284 g/mol. The molecule has 0 saturated carbocycles. The van der Waals surface area contributed by atoms with Crippen molar-refractivity contribution in [3.63, 3.8) is 0 Å². The van der Waals surface area contributed by atoms with Gasteiger partial charge >= 0.3 is 0 Å². The Morgan fingerprint density at radius 3 is 2.74 bits per heavy atom. The summed E-state index contributed by atoms with van der Waals surface area (Å²) in [5, 5.41) is 10.2. The molecule has 102 valence electrons. The lowest BCUT2D eigenvalue weighted by atomic mass is 9.90. The van der Waals surface area contributed by atoms with Crippen LogP contribution >= 0.6 is 12.6 Å². The highest BCUT2D eigenvalue weighted by Crippen LogP contribution is 2.32. The molecule has 0 aliphatic heterocycles. The first kappa shape index (κ1) is 14.0.